The van der Waals surface area contributed by atoms with Gasteiger partial charge in [0.05, 0.1) is 0 Å². The molecule has 0 spiro atoms. The topological polar surface area (TPSA) is 104 Å². The first-order chi connectivity index (χ1) is 7.86. The Kier molecular flexibility index (Phi) is 3.69. The van der Waals surface area contributed by atoms with Crippen LogP contribution < -0.4 is 4.74 Å². The van der Waals surface area contributed by atoms with Crippen LogP contribution in [0.15, 0.2) is 24.3 Å². The smallest absolute Gasteiger partial charge is 0.351 e. The summed E-state index contributed by atoms with van der Waals surface area (Å²) in [7, 11) is 0. The van der Waals surface area contributed by atoms with Crippen molar-refractivity contribution in [2.75, 3.05) is 6.61 Å². The first-order valence-corrected chi connectivity index (χ1v) is 4.75. The van der Waals surface area contributed by atoms with Crippen LogP contribution in [0.2, 0.25) is 0 Å². The second-order valence-electron chi connectivity index (χ2n) is 3.57. The Hall–Kier alpha value is -2.08. The SMILES string of the molecule is Cc1ccc(OCC(O)(C(=O)O)C(=O)O)cc1. The highest BCUT2D eigenvalue weighted by molar-refractivity contribution is 6.01. The molecule has 0 heterocycles. The fourth-order valence-corrected chi connectivity index (χ4v) is 1.04. The molecule has 0 aliphatic carbocycles. The van der Waals surface area contributed by atoms with Gasteiger partial charge < -0.3 is 20.1 Å². The summed E-state index contributed by atoms with van der Waals surface area (Å²) in [6.45, 7) is 0.995. The molecule has 0 aliphatic heterocycles. The van der Waals surface area contributed by atoms with Crippen molar-refractivity contribution in [1.82, 2.24) is 0 Å². The molecule has 92 valence electrons. The molecule has 0 saturated heterocycles. The zero-order chi connectivity index (χ0) is 13.1. The Labute approximate surface area is 97.1 Å². The van der Waals surface area contributed by atoms with E-state index in [1.54, 1.807) is 24.3 Å². The minimum Gasteiger partial charge on any atom is -0.489 e. The van der Waals surface area contributed by atoms with Gasteiger partial charge in [-0.2, -0.15) is 0 Å². The van der Waals surface area contributed by atoms with Crippen molar-refractivity contribution >= 4 is 11.9 Å². The van der Waals surface area contributed by atoms with E-state index >= 15 is 0 Å². The minimum absolute atomic E-state index is 0.288. The number of hydrogen-bond acceptors (Lipinski definition) is 4. The Morgan fingerprint density at radius 3 is 2.06 bits per heavy atom. The van der Waals surface area contributed by atoms with Crippen molar-refractivity contribution in [3.63, 3.8) is 0 Å². The van der Waals surface area contributed by atoms with Crippen LogP contribution in [0.1, 0.15) is 5.56 Å². The van der Waals surface area contributed by atoms with E-state index in [-0.39, 0.29) is 5.75 Å². The highest BCUT2D eigenvalue weighted by Gasteiger charge is 2.46. The molecule has 0 atom stereocenters. The summed E-state index contributed by atoms with van der Waals surface area (Å²) in [5, 5.41) is 26.6. The maximum absolute atomic E-state index is 10.6. The van der Waals surface area contributed by atoms with Crippen molar-refractivity contribution in [3.8, 4) is 5.75 Å². The average molecular weight is 240 g/mol. The van der Waals surface area contributed by atoms with Gasteiger partial charge in [0.25, 0.3) is 5.60 Å². The molecular weight excluding hydrogens is 228 g/mol. The Morgan fingerprint density at radius 1 is 1.18 bits per heavy atom. The number of aliphatic hydroxyl groups is 1. The number of aryl methyl sites for hydroxylation is 1. The lowest BCUT2D eigenvalue weighted by Crippen LogP contribution is -2.51. The van der Waals surface area contributed by atoms with Gasteiger partial charge in [-0.15, -0.1) is 0 Å². The van der Waals surface area contributed by atoms with Gasteiger partial charge in [0.2, 0.25) is 0 Å². The Morgan fingerprint density at radius 2 is 1.65 bits per heavy atom. The molecule has 1 aromatic carbocycles. The van der Waals surface area contributed by atoms with E-state index in [4.69, 9.17) is 14.9 Å². The highest BCUT2D eigenvalue weighted by atomic mass is 16.5. The number of rotatable bonds is 5. The van der Waals surface area contributed by atoms with Gasteiger partial charge in [-0.1, -0.05) is 17.7 Å². The molecule has 3 N–H and O–H groups in total. The number of carbonyl (C=O) groups is 2. The molecule has 0 unspecified atom stereocenters. The van der Waals surface area contributed by atoms with E-state index < -0.39 is 24.1 Å². The maximum atomic E-state index is 10.6. The minimum atomic E-state index is -2.94. The van der Waals surface area contributed by atoms with E-state index in [0.717, 1.165) is 5.56 Å². The third-order valence-electron chi connectivity index (χ3n) is 2.18. The molecule has 0 aromatic heterocycles. The third-order valence-corrected chi connectivity index (χ3v) is 2.18. The Balaban J connectivity index is 2.74. The summed E-state index contributed by atoms with van der Waals surface area (Å²) in [5.41, 5.74) is -1.96. The van der Waals surface area contributed by atoms with Gasteiger partial charge in [-0.05, 0) is 19.1 Å². The van der Waals surface area contributed by atoms with E-state index in [0.29, 0.717) is 0 Å². The lowest BCUT2D eigenvalue weighted by atomic mass is 10.1. The second-order valence-corrected chi connectivity index (χ2v) is 3.57. The molecule has 0 fully saturated rings. The van der Waals surface area contributed by atoms with E-state index in [2.05, 4.69) is 0 Å². The van der Waals surface area contributed by atoms with Crippen molar-refractivity contribution in [2.24, 2.45) is 0 Å². The normalized spacial score (nSPS) is 10.9. The lowest BCUT2D eigenvalue weighted by Gasteiger charge is -2.18. The molecule has 17 heavy (non-hydrogen) atoms. The van der Waals surface area contributed by atoms with Crippen LogP contribution in [-0.2, 0) is 9.59 Å². The quantitative estimate of drug-likeness (QED) is 0.638. The standard InChI is InChI=1S/C11H12O6/c1-7-2-4-8(5-3-7)17-6-11(16,9(12)13)10(14)15/h2-5,16H,6H2,1H3,(H,12,13)(H,14,15). The molecule has 0 radical (unpaired) electrons. The van der Waals surface area contributed by atoms with Crippen molar-refractivity contribution < 1.29 is 29.6 Å². The number of benzene rings is 1. The van der Waals surface area contributed by atoms with Crippen LogP contribution >= 0.6 is 0 Å². The van der Waals surface area contributed by atoms with Crippen LogP contribution in [0.5, 0.6) is 5.75 Å². The Bertz CT molecular complexity index is 408. The number of carboxylic acid groups (broad SMARTS) is 2. The van der Waals surface area contributed by atoms with Crippen LogP contribution in [-0.4, -0.2) is 39.5 Å². The van der Waals surface area contributed by atoms with E-state index in [1.165, 1.54) is 0 Å². The predicted octanol–water partition coefficient (Wildman–Crippen LogP) is 0.274. The van der Waals surface area contributed by atoms with Crippen LogP contribution in [0, 0.1) is 6.92 Å². The summed E-state index contributed by atoms with van der Waals surface area (Å²) in [6.07, 6.45) is 0. The molecule has 0 bridgehead atoms. The number of ether oxygens (including phenoxy) is 1. The van der Waals surface area contributed by atoms with Gasteiger partial charge >= 0.3 is 11.9 Å². The van der Waals surface area contributed by atoms with Gasteiger partial charge in [-0.3, -0.25) is 0 Å². The lowest BCUT2D eigenvalue weighted by molar-refractivity contribution is -0.179. The molecule has 0 saturated carbocycles. The second kappa shape index (κ2) is 4.84. The largest absolute Gasteiger partial charge is 0.489 e. The number of aliphatic carboxylic acids is 2. The maximum Gasteiger partial charge on any atom is 0.351 e. The van der Waals surface area contributed by atoms with Crippen molar-refractivity contribution in [3.05, 3.63) is 29.8 Å². The van der Waals surface area contributed by atoms with Gasteiger partial charge in [0.1, 0.15) is 12.4 Å². The van der Waals surface area contributed by atoms with Crippen LogP contribution in [0.3, 0.4) is 0 Å². The zero-order valence-corrected chi connectivity index (χ0v) is 9.08. The van der Waals surface area contributed by atoms with Gasteiger partial charge in [0.15, 0.2) is 0 Å². The molecule has 6 nitrogen and oxygen atoms in total. The van der Waals surface area contributed by atoms with Crippen LogP contribution in [0.25, 0.3) is 0 Å². The summed E-state index contributed by atoms with van der Waals surface area (Å²) in [6, 6.07) is 6.55. The third kappa shape index (κ3) is 2.94. The first-order valence-electron chi connectivity index (χ1n) is 4.75. The summed E-state index contributed by atoms with van der Waals surface area (Å²) < 4.78 is 4.94. The van der Waals surface area contributed by atoms with Crippen molar-refractivity contribution in [1.29, 1.82) is 0 Å². The van der Waals surface area contributed by atoms with Crippen LogP contribution in [0.4, 0.5) is 0 Å². The number of hydrogen-bond donors (Lipinski definition) is 3. The summed E-state index contributed by atoms with van der Waals surface area (Å²) in [4.78, 5) is 21.3. The fourth-order valence-electron chi connectivity index (χ4n) is 1.04. The van der Waals surface area contributed by atoms with Gasteiger partial charge in [0, 0.05) is 0 Å². The average Bonchev–Trinajstić information content (AvgIpc) is 2.27. The predicted molar refractivity (Wildman–Crippen MR) is 56.9 cm³/mol. The molecule has 0 amide bonds. The zero-order valence-electron chi connectivity index (χ0n) is 9.08. The first kappa shape index (κ1) is 13.0. The fraction of sp³-hybridized carbons (Fsp3) is 0.273. The monoisotopic (exact) mass is 240 g/mol. The van der Waals surface area contributed by atoms with E-state index in [9.17, 15) is 14.7 Å². The molecule has 0 aliphatic rings. The summed E-state index contributed by atoms with van der Waals surface area (Å²) in [5.74, 6) is -3.44. The molecule has 1 aromatic rings. The summed E-state index contributed by atoms with van der Waals surface area (Å²) >= 11 is 0. The number of carboxylic acids is 2. The molecule has 6 heteroatoms. The van der Waals surface area contributed by atoms with Gasteiger partial charge in [-0.25, -0.2) is 9.59 Å². The van der Waals surface area contributed by atoms with Crippen molar-refractivity contribution in [2.45, 2.75) is 12.5 Å². The molecule has 1 rings (SSSR count). The highest BCUT2D eigenvalue weighted by Crippen LogP contribution is 2.14. The molecular formula is C11H12O6. The van der Waals surface area contributed by atoms with E-state index in [1.807, 2.05) is 6.92 Å².